The van der Waals surface area contributed by atoms with Crippen LogP contribution in [-0.2, 0) is 0 Å². The molecule has 1 rings (SSSR count). The highest BCUT2D eigenvalue weighted by atomic mass is 35.5. The third kappa shape index (κ3) is 4.84. The van der Waals surface area contributed by atoms with Gasteiger partial charge in [-0.3, -0.25) is 0 Å². The van der Waals surface area contributed by atoms with Gasteiger partial charge in [-0.1, -0.05) is 12.8 Å². The van der Waals surface area contributed by atoms with Gasteiger partial charge in [0.25, 0.3) is 0 Å². The number of nitrogens with zero attached hydrogens (tertiary/aromatic N) is 1. The Morgan fingerprint density at radius 1 is 1.06 bits per heavy atom. The van der Waals surface area contributed by atoms with Gasteiger partial charge in [0.2, 0.25) is 0 Å². The summed E-state index contributed by atoms with van der Waals surface area (Å²) < 4.78 is 12.7. The standard InChI is InChI=1S/C13H19ClFN/c1-16(11-5-3-2-4-10-14)13-8-6-12(15)7-9-13/h6-9H,2-5,10-11H2,1H3. The Kier molecular flexibility index (Phi) is 6.24. The maximum Gasteiger partial charge on any atom is 0.123 e. The van der Waals surface area contributed by atoms with Crippen LogP contribution in [0.1, 0.15) is 25.7 Å². The third-order valence-electron chi connectivity index (χ3n) is 2.64. The van der Waals surface area contributed by atoms with E-state index < -0.39 is 0 Å². The van der Waals surface area contributed by atoms with Crippen molar-refractivity contribution in [3.05, 3.63) is 30.1 Å². The van der Waals surface area contributed by atoms with Crippen molar-refractivity contribution in [2.24, 2.45) is 0 Å². The minimum atomic E-state index is -0.181. The van der Waals surface area contributed by atoms with Crippen molar-refractivity contribution in [2.45, 2.75) is 25.7 Å². The molecule has 0 saturated heterocycles. The number of hydrogen-bond donors (Lipinski definition) is 0. The summed E-state index contributed by atoms with van der Waals surface area (Å²) >= 11 is 5.61. The molecule has 0 fully saturated rings. The van der Waals surface area contributed by atoms with Crippen LogP contribution in [0.4, 0.5) is 10.1 Å². The second-order valence-corrected chi connectivity index (χ2v) is 4.38. The van der Waals surface area contributed by atoms with E-state index in [1.54, 1.807) is 0 Å². The van der Waals surface area contributed by atoms with Crippen LogP contribution in [0.5, 0.6) is 0 Å². The second kappa shape index (κ2) is 7.50. The molecule has 90 valence electrons. The van der Waals surface area contributed by atoms with Gasteiger partial charge in [-0.2, -0.15) is 0 Å². The Hall–Kier alpha value is -0.760. The van der Waals surface area contributed by atoms with Gasteiger partial charge >= 0.3 is 0 Å². The molecule has 0 spiro atoms. The molecule has 0 bridgehead atoms. The van der Waals surface area contributed by atoms with Crippen LogP contribution < -0.4 is 4.90 Å². The van der Waals surface area contributed by atoms with Gasteiger partial charge in [0, 0.05) is 25.2 Å². The van der Waals surface area contributed by atoms with E-state index in [0.717, 1.165) is 31.0 Å². The topological polar surface area (TPSA) is 3.24 Å². The number of unbranched alkanes of at least 4 members (excludes halogenated alkanes) is 3. The number of benzene rings is 1. The molecule has 1 aromatic carbocycles. The fourth-order valence-electron chi connectivity index (χ4n) is 1.62. The summed E-state index contributed by atoms with van der Waals surface area (Å²) in [4.78, 5) is 2.15. The van der Waals surface area contributed by atoms with Gasteiger partial charge in [0.05, 0.1) is 0 Å². The third-order valence-corrected chi connectivity index (χ3v) is 2.91. The molecule has 3 heteroatoms. The normalized spacial score (nSPS) is 10.4. The van der Waals surface area contributed by atoms with Gasteiger partial charge < -0.3 is 4.90 Å². The molecular weight excluding hydrogens is 225 g/mol. The van der Waals surface area contributed by atoms with E-state index in [1.807, 2.05) is 19.2 Å². The first-order valence-electron chi connectivity index (χ1n) is 5.76. The lowest BCUT2D eigenvalue weighted by Gasteiger charge is -2.19. The summed E-state index contributed by atoms with van der Waals surface area (Å²) in [6, 6.07) is 6.63. The summed E-state index contributed by atoms with van der Waals surface area (Å²) in [7, 11) is 2.04. The molecule has 16 heavy (non-hydrogen) atoms. The molecule has 1 aromatic rings. The van der Waals surface area contributed by atoms with Gasteiger partial charge in [-0.15, -0.1) is 11.6 Å². The molecule has 1 nitrogen and oxygen atoms in total. The maximum absolute atomic E-state index is 12.7. The molecule has 0 atom stereocenters. The van der Waals surface area contributed by atoms with E-state index >= 15 is 0 Å². The first-order chi connectivity index (χ1) is 7.74. The molecule has 0 radical (unpaired) electrons. The molecule has 0 aliphatic heterocycles. The number of hydrogen-bond acceptors (Lipinski definition) is 1. The predicted molar refractivity (Wildman–Crippen MR) is 68.9 cm³/mol. The van der Waals surface area contributed by atoms with Crippen molar-refractivity contribution in [1.29, 1.82) is 0 Å². The summed E-state index contributed by atoms with van der Waals surface area (Å²) in [5.41, 5.74) is 1.07. The number of anilines is 1. The molecule has 0 N–H and O–H groups in total. The summed E-state index contributed by atoms with van der Waals surface area (Å²) in [5, 5.41) is 0. The van der Waals surface area contributed by atoms with E-state index in [9.17, 15) is 4.39 Å². The van der Waals surface area contributed by atoms with Gasteiger partial charge in [0.1, 0.15) is 5.82 Å². The Labute approximate surface area is 102 Å². The highest BCUT2D eigenvalue weighted by molar-refractivity contribution is 6.17. The Morgan fingerprint density at radius 2 is 1.69 bits per heavy atom. The quantitative estimate of drug-likeness (QED) is 0.516. The lowest BCUT2D eigenvalue weighted by atomic mass is 10.2. The van der Waals surface area contributed by atoms with Gasteiger partial charge in [-0.25, -0.2) is 4.39 Å². The highest BCUT2D eigenvalue weighted by Crippen LogP contribution is 2.14. The minimum absolute atomic E-state index is 0.181. The second-order valence-electron chi connectivity index (χ2n) is 4.00. The minimum Gasteiger partial charge on any atom is -0.375 e. The summed E-state index contributed by atoms with van der Waals surface area (Å²) in [5.74, 6) is 0.577. The smallest absolute Gasteiger partial charge is 0.123 e. The SMILES string of the molecule is CN(CCCCCCCl)c1ccc(F)cc1. The van der Waals surface area contributed by atoms with E-state index in [0.29, 0.717) is 0 Å². The molecule has 0 heterocycles. The summed E-state index contributed by atoms with van der Waals surface area (Å²) in [6.45, 7) is 1.01. The number of halogens is 2. The zero-order chi connectivity index (χ0) is 11.8. The van der Waals surface area contributed by atoms with E-state index in [4.69, 9.17) is 11.6 Å². The van der Waals surface area contributed by atoms with Crippen LogP contribution in [-0.4, -0.2) is 19.5 Å². The van der Waals surface area contributed by atoms with Crippen molar-refractivity contribution < 1.29 is 4.39 Å². The lowest BCUT2D eigenvalue weighted by molar-refractivity contribution is 0.627. The van der Waals surface area contributed by atoms with Crippen LogP contribution in [0.3, 0.4) is 0 Å². The first-order valence-corrected chi connectivity index (χ1v) is 6.30. The van der Waals surface area contributed by atoms with Crippen molar-refractivity contribution in [2.75, 3.05) is 24.4 Å². The zero-order valence-corrected chi connectivity index (χ0v) is 10.5. The fraction of sp³-hybridized carbons (Fsp3) is 0.538. The number of rotatable bonds is 7. The largest absolute Gasteiger partial charge is 0.375 e. The Morgan fingerprint density at radius 3 is 2.31 bits per heavy atom. The van der Waals surface area contributed by atoms with Gasteiger partial charge in [-0.05, 0) is 37.1 Å². The van der Waals surface area contributed by atoms with E-state index in [1.165, 1.54) is 25.0 Å². The first kappa shape index (κ1) is 13.3. The maximum atomic E-state index is 12.7. The van der Waals surface area contributed by atoms with Crippen LogP contribution >= 0.6 is 11.6 Å². The van der Waals surface area contributed by atoms with Crippen molar-refractivity contribution in [1.82, 2.24) is 0 Å². The van der Waals surface area contributed by atoms with Crippen molar-refractivity contribution >= 4 is 17.3 Å². The predicted octanol–water partition coefficient (Wildman–Crippen LogP) is 4.06. The molecule has 0 aromatic heterocycles. The monoisotopic (exact) mass is 243 g/mol. The molecule has 0 amide bonds. The molecule has 0 unspecified atom stereocenters. The van der Waals surface area contributed by atoms with Gasteiger partial charge in [0.15, 0.2) is 0 Å². The molecule has 0 saturated carbocycles. The van der Waals surface area contributed by atoms with Crippen LogP contribution in [0, 0.1) is 5.82 Å². The van der Waals surface area contributed by atoms with Crippen molar-refractivity contribution in [3.63, 3.8) is 0 Å². The van der Waals surface area contributed by atoms with Crippen LogP contribution in [0.2, 0.25) is 0 Å². The van der Waals surface area contributed by atoms with Crippen LogP contribution in [0.15, 0.2) is 24.3 Å². The molecular formula is C13H19ClFN. The summed E-state index contributed by atoms with van der Waals surface area (Å²) in [6.07, 6.45) is 4.66. The molecule has 0 aliphatic carbocycles. The van der Waals surface area contributed by atoms with E-state index in [2.05, 4.69) is 4.90 Å². The average molecular weight is 244 g/mol. The highest BCUT2D eigenvalue weighted by Gasteiger charge is 2.00. The average Bonchev–Trinajstić information content (AvgIpc) is 2.29. The molecule has 0 aliphatic rings. The Balaban J connectivity index is 2.24. The zero-order valence-electron chi connectivity index (χ0n) is 9.76. The van der Waals surface area contributed by atoms with Crippen molar-refractivity contribution in [3.8, 4) is 0 Å². The van der Waals surface area contributed by atoms with Crippen LogP contribution in [0.25, 0.3) is 0 Å². The lowest BCUT2D eigenvalue weighted by Crippen LogP contribution is -2.18. The Bertz CT molecular complexity index is 286. The fourth-order valence-corrected chi connectivity index (χ4v) is 1.81. The van der Waals surface area contributed by atoms with E-state index in [-0.39, 0.29) is 5.82 Å². The number of alkyl halides is 1.